The molecule has 23 heavy (non-hydrogen) atoms. The largest absolute Gasteiger partial charge is 0.462 e. The molecule has 0 aromatic heterocycles. The van der Waals surface area contributed by atoms with Gasteiger partial charge in [-0.2, -0.15) is 0 Å². The van der Waals surface area contributed by atoms with Crippen molar-refractivity contribution in [1.29, 1.82) is 0 Å². The summed E-state index contributed by atoms with van der Waals surface area (Å²) in [6.07, 6.45) is 1.14. The molecular weight excluding hydrogens is 300 g/mol. The van der Waals surface area contributed by atoms with Gasteiger partial charge in [-0.15, -0.1) is 0 Å². The van der Waals surface area contributed by atoms with E-state index in [2.05, 4.69) is 13.2 Å². The molecule has 1 aliphatic heterocycles. The Bertz CT molecular complexity index is 592. The summed E-state index contributed by atoms with van der Waals surface area (Å²) in [5, 5.41) is 0. The van der Waals surface area contributed by atoms with Crippen LogP contribution in [0.25, 0.3) is 0 Å². The molecule has 1 heterocycles. The summed E-state index contributed by atoms with van der Waals surface area (Å²) in [4.78, 5) is 35.1. The van der Waals surface area contributed by atoms with E-state index >= 15 is 0 Å². The van der Waals surface area contributed by atoms with Gasteiger partial charge in [-0.3, -0.25) is 4.79 Å². The molecule has 0 aromatic rings. The first-order valence-corrected chi connectivity index (χ1v) is 7.80. The molecule has 0 N–H and O–H groups in total. The van der Waals surface area contributed by atoms with Crippen molar-refractivity contribution in [3.8, 4) is 0 Å². The predicted molar refractivity (Wildman–Crippen MR) is 79.0 cm³/mol. The zero-order valence-corrected chi connectivity index (χ0v) is 13.1. The molecule has 0 spiro atoms. The number of hydrogen-bond acceptors (Lipinski definition) is 6. The normalized spacial score (nSPS) is 33.3. The molecule has 3 rings (SSSR count). The molecular formula is C17H20O6. The van der Waals surface area contributed by atoms with Crippen LogP contribution in [0, 0.1) is 17.8 Å². The van der Waals surface area contributed by atoms with Crippen LogP contribution in [0.3, 0.4) is 0 Å². The molecule has 5 unspecified atom stereocenters. The molecule has 0 amide bonds. The highest BCUT2D eigenvalue weighted by atomic mass is 16.6. The van der Waals surface area contributed by atoms with Gasteiger partial charge < -0.3 is 14.2 Å². The lowest BCUT2D eigenvalue weighted by Gasteiger charge is -2.25. The first-order valence-electron chi connectivity index (χ1n) is 7.80. The zero-order chi connectivity index (χ0) is 16.7. The van der Waals surface area contributed by atoms with E-state index in [4.69, 9.17) is 14.2 Å². The second kappa shape index (κ2) is 5.83. The molecule has 1 saturated heterocycles. The van der Waals surface area contributed by atoms with Crippen molar-refractivity contribution in [2.24, 2.45) is 17.8 Å². The summed E-state index contributed by atoms with van der Waals surface area (Å²) in [6.45, 7) is 8.76. The Morgan fingerprint density at radius 2 is 2.00 bits per heavy atom. The molecule has 3 fully saturated rings. The van der Waals surface area contributed by atoms with Gasteiger partial charge in [0.05, 0.1) is 12.5 Å². The van der Waals surface area contributed by atoms with Crippen LogP contribution in [0.1, 0.15) is 26.2 Å². The van der Waals surface area contributed by atoms with Gasteiger partial charge in [0.1, 0.15) is 12.2 Å². The van der Waals surface area contributed by atoms with E-state index < -0.39 is 11.9 Å². The summed E-state index contributed by atoms with van der Waals surface area (Å²) in [5.41, 5.74) is 0.543. The molecule has 6 heteroatoms. The van der Waals surface area contributed by atoms with Crippen molar-refractivity contribution in [3.05, 3.63) is 24.3 Å². The third-order valence-corrected chi connectivity index (χ3v) is 4.93. The van der Waals surface area contributed by atoms with E-state index in [1.165, 1.54) is 0 Å². The number of esters is 3. The van der Waals surface area contributed by atoms with Gasteiger partial charge in [0, 0.05) is 29.4 Å². The molecule has 2 aliphatic carbocycles. The van der Waals surface area contributed by atoms with E-state index in [-0.39, 0.29) is 54.5 Å². The Morgan fingerprint density at radius 3 is 2.70 bits per heavy atom. The van der Waals surface area contributed by atoms with Gasteiger partial charge in [0.2, 0.25) is 0 Å². The minimum absolute atomic E-state index is 0.00953. The Morgan fingerprint density at radius 1 is 1.26 bits per heavy atom. The lowest BCUT2D eigenvalue weighted by molar-refractivity contribution is -0.158. The van der Waals surface area contributed by atoms with Crippen LogP contribution < -0.4 is 0 Å². The second-order valence-corrected chi connectivity index (χ2v) is 6.54. The Hall–Kier alpha value is -2.11. The molecule has 0 radical (unpaired) electrons. The van der Waals surface area contributed by atoms with E-state index in [0.717, 1.165) is 12.8 Å². The van der Waals surface area contributed by atoms with Crippen LogP contribution in [0.4, 0.5) is 0 Å². The van der Waals surface area contributed by atoms with Crippen LogP contribution in [0.5, 0.6) is 0 Å². The first-order chi connectivity index (χ1) is 10.9. The van der Waals surface area contributed by atoms with Crippen LogP contribution in [-0.4, -0.2) is 36.7 Å². The number of carbonyl (C=O) groups is 3. The monoisotopic (exact) mass is 320 g/mol. The summed E-state index contributed by atoms with van der Waals surface area (Å²) in [6, 6.07) is 0. The van der Waals surface area contributed by atoms with Crippen LogP contribution >= 0.6 is 0 Å². The van der Waals surface area contributed by atoms with Gasteiger partial charge >= 0.3 is 17.9 Å². The fourth-order valence-electron chi connectivity index (χ4n) is 3.76. The smallest absolute Gasteiger partial charge is 0.333 e. The maximum Gasteiger partial charge on any atom is 0.333 e. The Kier molecular flexibility index (Phi) is 4.00. The van der Waals surface area contributed by atoms with E-state index in [1.807, 2.05) is 0 Å². The average molecular weight is 320 g/mol. The maximum absolute atomic E-state index is 12.1. The number of hydrogen-bond donors (Lipinski definition) is 0. The molecule has 2 bridgehead atoms. The SMILES string of the molecule is C=C(C)C(=O)OCCC(=C)C(=O)OC1C2CC3C(=O)OC1C3C2. The van der Waals surface area contributed by atoms with Gasteiger partial charge in [-0.25, -0.2) is 9.59 Å². The summed E-state index contributed by atoms with van der Waals surface area (Å²) in [7, 11) is 0. The van der Waals surface area contributed by atoms with Gasteiger partial charge in [-0.05, 0) is 19.8 Å². The third kappa shape index (κ3) is 2.78. The summed E-state index contributed by atoms with van der Waals surface area (Å²) < 4.78 is 15.8. The Balaban J connectivity index is 1.48. The third-order valence-electron chi connectivity index (χ3n) is 4.93. The van der Waals surface area contributed by atoms with Crippen molar-refractivity contribution in [1.82, 2.24) is 0 Å². The lowest BCUT2D eigenvalue weighted by Crippen LogP contribution is -2.36. The highest BCUT2D eigenvalue weighted by Gasteiger charge is 2.63. The fraction of sp³-hybridized carbons (Fsp3) is 0.588. The van der Waals surface area contributed by atoms with E-state index in [0.29, 0.717) is 5.57 Å². The number of carbonyl (C=O) groups excluding carboxylic acids is 3. The molecule has 124 valence electrons. The zero-order valence-electron chi connectivity index (χ0n) is 13.1. The Labute approximate surface area is 134 Å². The maximum atomic E-state index is 12.1. The average Bonchev–Trinajstić information content (AvgIpc) is 3.11. The highest BCUT2D eigenvalue weighted by molar-refractivity contribution is 5.89. The van der Waals surface area contributed by atoms with Crippen molar-refractivity contribution in [2.75, 3.05) is 6.61 Å². The standard InChI is InChI=1S/C17H20O6/c1-8(2)15(18)21-5-4-9(3)16(19)22-13-10-6-11-12(7-10)17(20)23-14(11)13/h10-14H,1,3-7H2,2H3. The topological polar surface area (TPSA) is 78.9 Å². The minimum Gasteiger partial charge on any atom is -0.462 e. The quantitative estimate of drug-likeness (QED) is 0.420. The van der Waals surface area contributed by atoms with Crippen molar-refractivity contribution >= 4 is 17.9 Å². The number of rotatable bonds is 6. The van der Waals surface area contributed by atoms with Crippen molar-refractivity contribution in [2.45, 2.75) is 38.4 Å². The number of fused-ring (bicyclic) bond motifs is 1. The van der Waals surface area contributed by atoms with Crippen LogP contribution in [0.15, 0.2) is 24.3 Å². The summed E-state index contributed by atoms with van der Waals surface area (Å²) >= 11 is 0. The highest BCUT2D eigenvalue weighted by Crippen LogP contribution is 2.55. The minimum atomic E-state index is -0.520. The predicted octanol–water partition coefficient (Wildman–Crippen LogP) is 1.55. The molecule has 3 aliphatic rings. The molecule has 5 atom stereocenters. The van der Waals surface area contributed by atoms with Crippen molar-refractivity contribution in [3.63, 3.8) is 0 Å². The molecule has 6 nitrogen and oxygen atoms in total. The van der Waals surface area contributed by atoms with E-state index in [9.17, 15) is 14.4 Å². The molecule has 0 aromatic carbocycles. The lowest BCUT2D eigenvalue weighted by atomic mass is 9.88. The first kappa shape index (κ1) is 15.8. The van der Waals surface area contributed by atoms with Crippen LogP contribution in [0.2, 0.25) is 0 Å². The fourth-order valence-corrected chi connectivity index (χ4v) is 3.76. The van der Waals surface area contributed by atoms with E-state index in [1.54, 1.807) is 6.92 Å². The van der Waals surface area contributed by atoms with Crippen LogP contribution in [-0.2, 0) is 28.6 Å². The van der Waals surface area contributed by atoms with Gasteiger partial charge in [0.25, 0.3) is 0 Å². The number of ether oxygens (including phenoxy) is 3. The van der Waals surface area contributed by atoms with Gasteiger partial charge in [0.15, 0.2) is 0 Å². The summed E-state index contributed by atoms with van der Waals surface area (Å²) in [5.74, 6) is -0.803. The second-order valence-electron chi connectivity index (χ2n) is 6.54. The molecule has 2 saturated carbocycles. The van der Waals surface area contributed by atoms with Crippen molar-refractivity contribution < 1.29 is 28.6 Å². The van der Waals surface area contributed by atoms with Gasteiger partial charge in [-0.1, -0.05) is 13.2 Å².